The van der Waals surface area contributed by atoms with Gasteiger partial charge in [-0.25, -0.2) is 4.98 Å². The minimum Gasteiger partial charge on any atom is -0.396 e. The highest BCUT2D eigenvalue weighted by Crippen LogP contribution is 2.14. The molecule has 0 aliphatic carbocycles. The molecule has 1 heterocycles. The van der Waals surface area contributed by atoms with Crippen LogP contribution in [-0.4, -0.2) is 24.0 Å². The Kier molecular flexibility index (Phi) is 5.42. The summed E-state index contributed by atoms with van der Waals surface area (Å²) in [6.07, 6.45) is 0.841. The van der Waals surface area contributed by atoms with Crippen molar-refractivity contribution in [3.63, 3.8) is 0 Å². The number of pyridine rings is 1. The number of nitrogens with two attached hydrogens (primary N) is 1. The minimum atomic E-state index is 0.0343. The molecule has 0 radical (unpaired) electrons. The highest BCUT2D eigenvalue weighted by atomic mass is 16.1. The predicted octanol–water partition coefficient (Wildman–Crippen LogP) is 1.55. The smallest absolute Gasteiger partial charge is 0.222 e. The van der Waals surface area contributed by atoms with Crippen molar-refractivity contribution in [3.05, 3.63) is 17.8 Å². The van der Waals surface area contributed by atoms with E-state index < -0.39 is 0 Å². The lowest BCUT2D eigenvalue weighted by Gasteiger charge is -2.10. The van der Waals surface area contributed by atoms with Gasteiger partial charge in [-0.3, -0.25) is 4.79 Å². The van der Waals surface area contributed by atoms with Gasteiger partial charge in [0.2, 0.25) is 5.91 Å². The first-order valence-electron chi connectivity index (χ1n) is 6.25. The third-order valence-corrected chi connectivity index (χ3v) is 2.54. The first-order valence-corrected chi connectivity index (χ1v) is 6.25. The molecule has 100 valence electrons. The second-order valence-electron chi connectivity index (χ2n) is 4.62. The van der Waals surface area contributed by atoms with Crippen LogP contribution in [0.4, 0.5) is 11.5 Å². The molecule has 1 rings (SSSR count). The number of hydrogen-bond donors (Lipinski definition) is 3. The van der Waals surface area contributed by atoms with Gasteiger partial charge in [-0.05, 0) is 25.5 Å². The molecule has 0 spiro atoms. The summed E-state index contributed by atoms with van der Waals surface area (Å²) in [5.41, 5.74) is 7.37. The van der Waals surface area contributed by atoms with Gasteiger partial charge in [-0.1, -0.05) is 13.8 Å². The first kappa shape index (κ1) is 14.3. The van der Waals surface area contributed by atoms with Crippen LogP contribution in [0.25, 0.3) is 0 Å². The Hall–Kier alpha value is -1.78. The van der Waals surface area contributed by atoms with Gasteiger partial charge in [0.1, 0.15) is 5.82 Å². The van der Waals surface area contributed by atoms with Gasteiger partial charge in [0, 0.05) is 24.7 Å². The number of aryl methyl sites for hydroxylation is 1. The fourth-order valence-electron chi connectivity index (χ4n) is 1.42. The molecule has 1 amide bonds. The van der Waals surface area contributed by atoms with E-state index in [9.17, 15) is 4.79 Å². The van der Waals surface area contributed by atoms with Crippen molar-refractivity contribution in [2.75, 3.05) is 24.1 Å². The van der Waals surface area contributed by atoms with Crippen molar-refractivity contribution in [1.82, 2.24) is 10.3 Å². The Morgan fingerprint density at radius 2 is 2.11 bits per heavy atom. The molecule has 1 aromatic rings. The molecule has 0 unspecified atom stereocenters. The summed E-state index contributed by atoms with van der Waals surface area (Å²) in [7, 11) is 0. The zero-order valence-corrected chi connectivity index (χ0v) is 11.3. The van der Waals surface area contributed by atoms with Crippen molar-refractivity contribution < 1.29 is 4.79 Å². The molecule has 18 heavy (non-hydrogen) atoms. The molecule has 0 aliphatic heterocycles. The van der Waals surface area contributed by atoms with Crippen molar-refractivity contribution >= 4 is 17.4 Å². The van der Waals surface area contributed by atoms with E-state index in [4.69, 9.17) is 5.73 Å². The Morgan fingerprint density at radius 1 is 1.39 bits per heavy atom. The molecule has 5 nitrogen and oxygen atoms in total. The molecule has 0 saturated heterocycles. The number of aromatic nitrogens is 1. The summed E-state index contributed by atoms with van der Waals surface area (Å²) in [4.78, 5) is 15.6. The summed E-state index contributed by atoms with van der Waals surface area (Å²) >= 11 is 0. The number of nitrogen functional groups attached to an aromatic ring is 1. The van der Waals surface area contributed by atoms with E-state index in [0.29, 0.717) is 18.1 Å². The van der Waals surface area contributed by atoms with E-state index in [1.54, 1.807) is 0 Å². The molecule has 4 N–H and O–H groups in total. The average Bonchev–Trinajstić information content (AvgIpc) is 2.32. The van der Waals surface area contributed by atoms with Crippen LogP contribution in [-0.2, 0) is 4.79 Å². The predicted molar refractivity (Wildman–Crippen MR) is 74.3 cm³/mol. The average molecular weight is 250 g/mol. The van der Waals surface area contributed by atoms with Gasteiger partial charge in [0.25, 0.3) is 0 Å². The Morgan fingerprint density at radius 3 is 2.78 bits per heavy atom. The van der Waals surface area contributed by atoms with Gasteiger partial charge in [-0.15, -0.1) is 0 Å². The van der Waals surface area contributed by atoms with Crippen LogP contribution in [0.2, 0.25) is 0 Å². The molecule has 0 saturated carbocycles. The Labute approximate surface area is 108 Å². The van der Waals surface area contributed by atoms with Gasteiger partial charge < -0.3 is 16.4 Å². The van der Waals surface area contributed by atoms with Gasteiger partial charge >= 0.3 is 0 Å². The quantitative estimate of drug-likeness (QED) is 0.669. The number of anilines is 2. The summed E-state index contributed by atoms with van der Waals surface area (Å²) in [5.74, 6) is 0.834. The number of amides is 1. The van der Waals surface area contributed by atoms with Gasteiger partial charge in [-0.2, -0.15) is 0 Å². The number of hydrogen-bond acceptors (Lipinski definition) is 4. The van der Waals surface area contributed by atoms with Crippen molar-refractivity contribution in [1.29, 1.82) is 0 Å². The maximum Gasteiger partial charge on any atom is 0.222 e. The SMILES string of the molecule is Cc1ccc(N)c(NCCCNC(=O)C(C)C)n1. The highest BCUT2D eigenvalue weighted by Gasteiger charge is 2.05. The largest absolute Gasteiger partial charge is 0.396 e. The second kappa shape index (κ2) is 6.83. The fraction of sp³-hybridized carbons (Fsp3) is 0.538. The lowest BCUT2D eigenvalue weighted by atomic mass is 10.2. The van der Waals surface area contributed by atoms with Gasteiger partial charge in [0.05, 0.1) is 5.69 Å². The van der Waals surface area contributed by atoms with E-state index in [1.165, 1.54) is 0 Å². The molecule has 0 aliphatic rings. The Bertz CT molecular complexity index is 404. The molecule has 1 aromatic heterocycles. The monoisotopic (exact) mass is 250 g/mol. The van der Waals surface area contributed by atoms with Crippen LogP contribution >= 0.6 is 0 Å². The zero-order chi connectivity index (χ0) is 13.5. The van der Waals surface area contributed by atoms with Crippen molar-refractivity contribution in [3.8, 4) is 0 Å². The summed E-state index contributed by atoms with van der Waals surface area (Å²) in [6, 6.07) is 3.72. The van der Waals surface area contributed by atoms with Crippen molar-refractivity contribution in [2.24, 2.45) is 5.92 Å². The Balaban J connectivity index is 2.26. The van der Waals surface area contributed by atoms with E-state index in [2.05, 4.69) is 15.6 Å². The first-order chi connectivity index (χ1) is 8.50. The van der Waals surface area contributed by atoms with Crippen LogP contribution in [0.15, 0.2) is 12.1 Å². The highest BCUT2D eigenvalue weighted by molar-refractivity contribution is 5.77. The lowest BCUT2D eigenvalue weighted by Crippen LogP contribution is -2.29. The van der Waals surface area contributed by atoms with Crippen molar-refractivity contribution in [2.45, 2.75) is 27.2 Å². The number of nitrogens with one attached hydrogen (secondary N) is 2. The molecule has 0 aromatic carbocycles. The lowest BCUT2D eigenvalue weighted by molar-refractivity contribution is -0.123. The second-order valence-corrected chi connectivity index (χ2v) is 4.62. The van der Waals surface area contributed by atoms with E-state index >= 15 is 0 Å². The van der Waals surface area contributed by atoms with E-state index in [-0.39, 0.29) is 11.8 Å². The third-order valence-electron chi connectivity index (χ3n) is 2.54. The standard InChI is InChI=1S/C13H22N4O/c1-9(2)13(18)16-8-4-7-15-12-11(14)6-5-10(3)17-12/h5-6,9H,4,7-8,14H2,1-3H3,(H,15,17)(H,16,18). The molecule has 0 atom stereocenters. The zero-order valence-electron chi connectivity index (χ0n) is 11.3. The number of nitrogens with zero attached hydrogens (tertiary/aromatic N) is 1. The third kappa shape index (κ3) is 4.61. The van der Waals surface area contributed by atoms with Crippen LogP contribution in [0.3, 0.4) is 0 Å². The fourth-order valence-corrected chi connectivity index (χ4v) is 1.42. The minimum absolute atomic E-state index is 0.0343. The maximum absolute atomic E-state index is 11.3. The van der Waals surface area contributed by atoms with E-state index in [1.807, 2.05) is 32.9 Å². The van der Waals surface area contributed by atoms with Crippen LogP contribution < -0.4 is 16.4 Å². The topological polar surface area (TPSA) is 80.0 Å². The maximum atomic E-state index is 11.3. The molecule has 0 fully saturated rings. The van der Waals surface area contributed by atoms with E-state index in [0.717, 1.165) is 18.7 Å². The molecular formula is C13H22N4O. The summed E-state index contributed by atoms with van der Waals surface area (Å²) in [6.45, 7) is 7.08. The normalized spacial score (nSPS) is 10.4. The molecule has 5 heteroatoms. The molecule has 0 bridgehead atoms. The van der Waals surface area contributed by atoms with Crippen LogP contribution in [0.5, 0.6) is 0 Å². The van der Waals surface area contributed by atoms with Crippen LogP contribution in [0, 0.1) is 12.8 Å². The molecular weight excluding hydrogens is 228 g/mol. The van der Waals surface area contributed by atoms with Gasteiger partial charge in [0.15, 0.2) is 0 Å². The summed E-state index contributed by atoms with van der Waals surface area (Å²) in [5, 5.41) is 6.03. The number of carbonyl (C=O) groups is 1. The van der Waals surface area contributed by atoms with Crippen LogP contribution in [0.1, 0.15) is 26.0 Å². The summed E-state index contributed by atoms with van der Waals surface area (Å²) < 4.78 is 0. The number of carbonyl (C=O) groups excluding carboxylic acids is 1. The number of rotatable bonds is 6.